The molecule has 2 aliphatic heterocycles. The number of hydrogen-bond donors (Lipinski definition) is 2. The van der Waals surface area contributed by atoms with Crippen LogP contribution in [0.2, 0.25) is 0 Å². The maximum absolute atomic E-state index is 10.7. The molecule has 0 radical (unpaired) electrons. The number of ether oxygens (including phenoxy) is 1. The van der Waals surface area contributed by atoms with Crippen LogP contribution in [0.5, 0.6) is 0 Å². The Labute approximate surface area is 202 Å². The molecule has 3 rings (SSSR count). The molecule has 2 aliphatic rings. The predicted molar refractivity (Wildman–Crippen MR) is 134 cm³/mol. The van der Waals surface area contributed by atoms with Crippen molar-refractivity contribution in [3.05, 3.63) is 39.9 Å². The fourth-order valence-corrected chi connectivity index (χ4v) is 4.19. The Morgan fingerprint density at radius 3 is 2.58 bits per heavy atom. The van der Waals surface area contributed by atoms with Gasteiger partial charge in [-0.1, -0.05) is 12.1 Å². The average Bonchev–Trinajstić information content (AvgIpc) is 3.27. The predicted octanol–water partition coefficient (Wildman–Crippen LogP) is 3.20. The van der Waals surface area contributed by atoms with Crippen molar-refractivity contribution in [2.75, 3.05) is 46.4 Å². The standard InChI is InChI=1S/C22H35N5O3.HI/c1-23-22(24-12-3-2-4-18-5-7-21(8-6-18)27(28)29)25-20-9-13-26(14-10-20)16-19-11-15-30-17-19;/h5-8,19-20H,2-4,9-17H2,1H3,(H2,23,24,25);1H. The summed E-state index contributed by atoms with van der Waals surface area (Å²) < 4.78 is 5.49. The Balaban J connectivity index is 0.00000341. The summed E-state index contributed by atoms with van der Waals surface area (Å²) in [6, 6.07) is 7.32. The number of unbranched alkanes of at least 4 members (excludes halogenated alkanes) is 1. The zero-order chi connectivity index (χ0) is 21.2. The molecule has 174 valence electrons. The van der Waals surface area contributed by atoms with E-state index in [-0.39, 0.29) is 34.6 Å². The van der Waals surface area contributed by atoms with Gasteiger partial charge in [0.05, 0.1) is 11.5 Å². The minimum Gasteiger partial charge on any atom is -0.381 e. The maximum atomic E-state index is 10.7. The number of guanidine groups is 1. The molecule has 9 heteroatoms. The molecule has 1 aromatic carbocycles. The second-order valence-corrected chi connectivity index (χ2v) is 8.33. The van der Waals surface area contributed by atoms with E-state index >= 15 is 0 Å². The van der Waals surface area contributed by atoms with Gasteiger partial charge in [-0.05, 0) is 50.0 Å². The molecule has 2 fully saturated rings. The van der Waals surface area contributed by atoms with Crippen molar-refractivity contribution < 1.29 is 9.66 Å². The van der Waals surface area contributed by atoms with Gasteiger partial charge in [0, 0.05) is 58.0 Å². The normalized spacial score (nSPS) is 20.3. The third-order valence-electron chi connectivity index (χ3n) is 6.02. The summed E-state index contributed by atoms with van der Waals surface area (Å²) in [5.41, 5.74) is 1.28. The number of halogens is 1. The molecule has 1 atom stereocenters. The number of benzene rings is 1. The van der Waals surface area contributed by atoms with Crippen LogP contribution in [0.1, 0.15) is 37.7 Å². The highest BCUT2D eigenvalue weighted by atomic mass is 127. The molecule has 0 aromatic heterocycles. The van der Waals surface area contributed by atoms with Crippen LogP contribution in [0.25, 0.3) is 0 Å². The van der Waals surface area contributed by atoms with E-state index in [9.17, 15) is 10.1 Å². The lowest BCUT2D eigenvalue weighted by molar-refractivity contribution is -0.384. The zero-order valence-corrected chi connectivity index (χ0v) is 20.8. The number of nitro benzene ring substituents is 1. The number of non-ortho nitro benzene ring substituents is 1. The van der Waals surface area contributed by atoms with E-state index in [1.54, 1.807) is 12.1 Å². The summed E-state index contributed by atoms with van der Waals surface area (Å²) in [5, 5.41) is 17.7. The molecule has 0 bridgehead atoms. The highest BCUT2D eigenvalue weighted by Crippen LogP contribution is 2.18. The number of likely N-dealkylation sites (tertiary alicyclic amines) is 1. The third-order valence-corrected chi connectivity index (χ3v) is 6.02. The fourth-order valence-electron chi connectivity index (χ4n) is 4.19. The first-order valence-corrected chi connectivity index (χ1v) is 11.1. The first-order chi connectivity index (χ1) is 14.6. The molecule has 2 heterocycles. The number of nitrogens with one attached hydrogen (secondary N) is 2. The Morgan fingerprint density at radius 2 is 1.97 bits per heavy atom. The number of nitrogens with zero attached hydrogens (tertiary/aromatic N) is 3. The topological polar surface area (TPSA) is 92.0 Å². The molecule has 0 aliphatic carbocycles. The van der Waals surface area contributed by atoms with Gasteiger partial charge >= 0.3 is 0 Å². The largest absolute Gasteiger partial charge is 0.381 e. The van der Waals surface area contributed by atoms with E-state index in [2.05, 4.69) is 20.5 Å². The van der Waals surface area contributed by atoms with Crippen molar-refractivity contribution in [2.24, 2.45) is 10.9 Å². The number of aliphatic imine (C=N–C) groups is 1. The number of hydrogen-bond acceptors (Lipinski definition) is 5. The number of aryl methyl sites for hydroxylation is 1. The van der Waals surface area contributed by atoms with Gasteiger partial charge in [0.15, 0.2) is 5.96 Å². The smallest absolute Gasteiger partial charge is 0.269 e. The van der Waals surface area contributed by atoms with Crippen molar-refractivity contribution in [1.29, 1.82) is 0 Å². The second-order valence-electron chi connectivity index (χ2n) is 8.33. The van der Waals surface area contributed by atoms with Gasteiger partial charge in [-0.25, -0.2) is 0 Å². The molecule has 2 N–H and O–H groups in total. The Morgan fingerprint density at radius 1 is 1.23 bits per heavy atom. The van der Waals surface area contributed by atoms with E-state index in [1.165, 1.54) is 13.0 Å². The molecular weight excluding hydrogens is 509 g/mol. The van der Waals surface area contributed by atoms with E-state index in [1.807, 2.05) is 19.2 Å². The van der Waals surface area contributed by atoms with Crippen LogP contribution < -0.4 is 10.6 Å². The lowest BCUT2D eigenvalue weighted by Gasteiger charge is -2.34. The van der Waals surface area contributed by atoms with Crippen molar-refractivity contribution in [2.45, 2.75) is 44.6 Å². The molecule has 8 nitrogen and oxygen atoms in total. The summed E-state index contributed by atoms with van der Waals surface area (Å²) in [6.07, 6.45) is 6.49. The number of nitro groups is 1. The molecule has 0 amide bonds. The summed E-state index contributed by atoms with van der Waals surface area (Å²) >= 11 is 0. The van der Waals surface area contributed by atoms with E-state index in [0.29, 0.717) is 6.04 Å². The van der Waals surface area contributed by atoms with E-state index < -0.39 is 0 Å². The SMILES string of the molecule is CN=C(NCCCCc1ccc([N+](=O)[O-])cc1)NC1CCN(CC2CCOC2)CC1.I. The monoisotopic (exact) mass is 545 g/mol. The Hall–Kier alpha value is -1.46. The molecule has 1 aromatic rings. The van der Waals surface area contributed by atoms with Gasteiger partial charge in [-0.15, -0.1) is 24.0 Å². The lowest BCUT2D eigenvalue weighted by Crippen LogP contribution is -2.49. The molecule has 0 spiro atoms. The van der Waals surface area contributed by atoms with E-state index in [0.717, 1.165) is 82.4 Å². The first kappa shape index (κ1) is 25.8. The van der Waals surface area contributed by atoms with Gasteiger partial charge in [0.2, 0.25) is 0 Å². The zero-order valence-electron chi connectivity index (χ0n) is 18.4. The van der Waals surface area contributed by atoms with Crippen LogP contribution in [0.3, 0.4) is 0 Å². The van der Waals surface area contributed by atoms with Crippen molar-refractivity contribution in [1.82, 2.24) is 15.5 Å². The van der Waals surface area contributed by atoms with Gasteiger partial charge in [-0.3, -0.25) is 15.1 Å². The minimum atomic E-state index is -0.360. The lowest BCUT2D eigenvalue weighted by atomic mass is 10.0. The highest BCUT2D eigenvalue weighted by Gasteiger charge is 2.24. The van der Waals surface area contributed by atoms with Crippen molar-refractivity contribution >= 4 is 35.6 Å². The van der Waals surface area contributed by atoms with Gasteiger partial charge < -0.3 is 20.3 Å². The number of piperidine rings is 1. The average molecular weight is 545 g/mol. The molecule has 1 unspecified atom stereocenters. The number of rotatable bonds is 9. The van der Waals surface area contributed by atoms with Gasteiger partial charge in [0.1, 0.15) is 0 Å². The van der Waals surface area contributed by atoms with Crippen molar-refractivity contribution in [3.63, 3.8) is 0 Å². The van der Waals surface area contributed by atoms with Crippen LogP contribution in [0, 0.1) is 16.0 Å². The molecule has 2 saturated heterocycles. The van der Waals surface area contributed by atoms with Crippen molar-refractivity contribution in [3.8, 4) is 0 Å². The highest BCUT2D eigenvalue weighted by molar-refractivity contribution is 14.0. The van der Waals surface area contributed by atoms with Crippen LogP contribution >= 0.6 is 24.0 Å². The molecule has 31 heavy (non-hydrogen) atoms. The molecular formula is C22H36IN5O3. The first-order valence-electron chi connectivity index (χ1n) is 11.1. The Bertz CT molecular complexity index is 687. The molecule has 0 saturated carbocycles. The quantitative estimate of drug-likeness (QED) is 0.124. The summed E-state index contributed by atoms with van der Waals surface area (Å²) in [4.78, 5) is 17.3. The maximum Gasteiger partial charge on any atom is 0.269 e. The van der Waals surface area contributed by atoms with Crippen LogP contribution in [-0.2, 0) is 11.2 Å². The fraction of sp³-hybridized carbons (Fsp3) is 0.682. The summed E-state index contributed by atoms with van der Waals surface area (Å²) in [6.45, 7) is 6.18. The third kappa shape index (κ3) is 8.89. The summed E-state index contributed by atoms with van der Waals surface area (Å²) in [5.74, 6) is 1.60. The van der Waals surface area contributed by atoms with Gasteiger partial charge in [0.25, 0.3) is 5.69 Å². The van der Waals surface area contributed by atoms with Crippen LogP contribution in [-0.4, -0.2) is 68.3 Å². The summed E-state index contributed by atoms with van der Waals surface area (Å²) in [7, 11) is 1.82. The Kier molecular flexibility index (Phi) is 11.5. The van der Waals surface area contributed by atoms with Crippen LogP contribution in [0.15, 0.2) is 29.3 Å². The van der Waals surface area contributed by atoms with E-state index in [4.69, 9.17) is 4.74 Å². The second kappa shape index (κ2) is 13.8. The van der Waals surface area contributed by atoms with Crippen LogP contribution in [0.4, 0.5) is 5.69 Å². The van der Waals surface area contributed by atoms with Gasteiger partial charge in [-0.2, -0.15) is 0 Å². The minimum absolute atomic E-state index is 0.